The van der Waals surface area contributed by atoms with Gasteiger partial charge in [-0.25, -0.2) is 4.79 Å². The minimum absolute atomic E-state index is 0.104. The van der Waals surface area contributed by atoms with E-state index >= 15 is 0 Å². The molecule has 0 atom stereocenters. The number of methoxy groups -OCH3 is 1. The lowest BCUT2D eigenvalue weighted by molar-refractivity contribution is 0.0601. The van der Waals surface area contributed by atoms with E-state index in [-0.39, 0.29) is 12.1 Å². The number of thiophene rings is 1. The molecule has 2 aromatic carbocycles. The lowest BCUT2D eigenvalue weighted by Crippen LogP contribution is -2.54. The van der Waals surface area contributed by atoms with Gasteiger partial charge in [0.15, 0.2) is 0 Å². The predicted molar refractivity (Wildman–Crippen MR) is 123 cm³/mol. The number of rotatable bonds is 6. The van der Waals surface area contributed by atoms with Gasteiger partial charge in [0.25, 0.3) is 0 Å². The van der Waals surface area contributed by atoms with Crippen LogP contribution < -0.4 is 9.64 Å². The van der Waals surface area contributed by atoms with Gasteiger partial charge in [0.1, 0.15) is 11.9 Å². The van der Waals surface area contributed by atoms with Crippen molar-refractivity contribution in [2.45, 2.75) is 6.10 Å². The van der Waals surface area contributed by atoms with Gasteiger partial charge in [0, 0.05) is 17.3 Å². The number of hydrogen-bond donors (Lipinski definition) is 0. The highest BCUT2D eigenvalue weighted by Crippen LogP contribution is 2.33. The first-order valence-electron chi connectivity index (χ1n) is 10.1. The number of aromatic nitrogens is 1. The Balaban J connectivity index is 1.31. The van der Waals surface area contributed by atoms with Crippen LogP contribution in [0.25, 0.3) is 16.1 Å². The minimum Gasteiger partial charge on any atom is -0.487 e. The molecular formula is C25H22N2O3S. The van der Waals surface area contributed by atoms with E-state index in [2.05, 4.69) is 34.5 Å². The van der Waals surface area contributed by atoms with Gasteiger partial charge < -0.3 is 18.9 Å². The van der Waals surface area contributed by atoms with Gasteiger partial charge in [-0.2, -0.15) is 0 Å². The number of anilines is 1. The highest BCUT2D eigenvalue weighted by atomic mass is 32.1. The summed E-state index contributed by atoms with van der Waals surface area (Å²) in [6.07, 6.45) is 3.98. The fraction of sp³-hybridized carbons (Fsp3) is 0.160. The summed E-state index contributed by atoms with van der Waals surface area (Å²) >= 11 is 1.73. The molecule has 4 aromatic rings. The van der Waals surface area contributed by atoms with Crippen molar-refractivity contribution in [2.24, 2.45) is 0 Å². The predicted octanol–water partition coefficient (Wildman–Crippen LogP) is 5.26. The van der Waals surface area contributed by atoms with Crippen molar-refractivity contribution in [3.8, 4) is 21.9 Å². The maximum atomic E-state index is 12.4. The van der Waals surface area contributed by atoms with Gasteiger partial charge in [-0.1, -0.05) is 12.1 Å². The van der Waals surface area contributed by atoms with Crippen LogP contribution in [0, 0.1) is 0 Å². The van der Waals surface area contributed by atoms with Gasteiger partial charge in [0.2, 0.25) is 0 Å². The molecule has 0 N–H and O–H groups in total. The van der Waals surface area contributed by atoms with E-state index in [0.717, 1.165) is 30.2 Å². The van der Waals surface area contributed by atoms with Crippen molar-refractivity contribution >= 4 is 23.0 Å². The summed E-state index contributed by atoms with van der Waals surface area (Å²) in [6.45, 7) is 1.51. The summed E-state index contributed by atoms with van der Waals surface area (Å²) in [5, 5.41) is 2.08. The lowest BCUT2D eigenvalue weighted by Gasteiger charge is -2.41. The van der Waals surface area contributed by atoms with Crippen LogP contribution in [-0.4, -0.2) is 36.8 Å². The highest BCUT2D eigenvalue weighted by Gasteiger charge is 2.32. The normalized spacial score (nSPS) is 13.6. The Bertz CT molecular complexity index is 1160. The van der Waals surface area contributed by atoms with E-state index in [4.69, 9.17) is 9.47 Å². The van der Waals surface area contributed by atoms with Gasteiger partial charge in [-0.15, -0.1) is 11.3 Å². The average Bonchev–Trinajstić information content (AvgIpc) is 3.50. The Kier molecular flexibility index (Phi) is 5.22. The molecule has 3 heterocycles. The standard InChI is InChI=1S/C25H22N2O3S/c1-29-25(28)21-6-4-7-22(24(21)26-13-2-3-14-26)27-16-20(17-27)30-19-11-9-18(10-12-19)23-8-5-15-31-23/h2-15,20H,16-17H2,1H3. The number of hydrogen-bond acceptors (Lipinski definition) is 5. The van der Waals surface area contributed by atoms with E-state index in [9.17, 15) is 4.79 Å². The second kappa shape index (κ2) is 8.32. The van der Waals surface area contributed by atoms with E-state index in [1.54, 1.807) is 17.4 Å². The van der Waals surface area contributed by atoms with Crippen molar-refractivity contribution in [2.75, 3.05) is 25.1 Å². The minimum atomic E-state index is -0.343. The van der Waals surface area contributed by atoms with Gasteiger partial charge in [-0.3, -0.25) is 0 Å². The van der Waals surface area contributed by atoms with Crippen molar-refractivity contribution in [3.05, 3.63) is 90.1 Å². The molecule has 156 valence electrons. The third-order valence-corrected chi connectivity index (χ3v) is 6.35. The second-order valence-electron chi connectivity index (χ2n) is 7.40. The van der Waals surface area contributed by atoms with Crippen LogP contribution in [0.15, 0.2) is 84.5 Å². The molecule has 1 aliphatic heterocycles. The first kappa shape index (κ1) is 19.5. The van der Waals surface area contributed by atoms with E-state index in [0.29, 0.717) is 5.56 Å². The Morgan fingerprint density at radius 1 is 0.968 bits per heavy atom. The maximum absolute atomic E-state index is 12.4. The SMILES string of the molecule is COC(=O)c1cccc(N2CC(Oc3ccc(-c4cccs4)cc3)C2)c1-n1cccc1. The van der Waals surface area contributed by atoms with Crippen LogP contribution >= 0.6 is 11.3 Å². The molecule has 0 radical (unpaired) electrons. The van der Waals surface area contributed by atoms with Crippen molar-refractivity contribution in [1.29, 1.82) is 0 Å². The number of ether oxygens (including phenoxy) is 2. The maximum Gasteiger partial charge on any atom is 0.340 e. The summed E-state index contributed by atoms with van der Waals surface area (Å²) < 4.78 is 13.1. The summed E-state index contributed by atoms with van der Waals surface area (Å²) in [4.78, 5) is 15.8. The van der Waals surface area contributed by atoms with Gasteiger partial charge in [-0.05, 0) is 65.5 Å². The van der Waals surface area contributed by atoms with Crippen molar-refractivity contribution in [1.82, 2.24) is 4.57 Å². The number of carbonyl (C=O) groups is 1. The molecule has 31 heavy (non-hydrogen) atoms. The van der Waals surface area contributed by atoms with E-state index in [1.807, 2.05) is 53.4 Å². The van der Waals surface area contributed by atoms with Gasteiger partial charge in [0.05, 0.1) is 37.1 Å². The lowest BCUT2D eigenvalue weighted by atomic mass is 10.1. The molecule has 1 fully saturated rings. The summed E-state index contributed by atoms with van der Waals surface area (Å²) in [7, 11) is 1.41. The third-order valence-electron chi connectivity index (χ3n) is 5.43. The zero-order valence-electron chi connectivity index (χ0n) is 17.1. The van der Waals surface area contributed by atoms with Crippen molar-refractivity contribution < 1.29 is 14.3 Å². The molecule has 5 rings (SSSR count). The third kappa shape index (κ3) is 3.82. The number of esters is 1. The van der Waals surface area contributed by atoms with Crippen LogP contribution in [0.1, 0.15) is 10.4 Å². The molecule has 0 saturated carbocycles. The Morgan fingerprint density at radius 3 is 2.42 bits per heavy atom. The molecule has 1 saturated heterocycles. The summed E-state index contributed by atoms with van der Waals surface area (Å²) in [5.41, 5.74) is 3.57. The number of para-hydroxylation sites is 1. The zero-order chi connectivity index (χ0) is 21.2. The Morgan fingerprint density at radius 2 is 1.74 bits per heavy atom. The van der Waals surface area contributed by atoms with Gasteiger partial charge >= 0.3 is 5.97 Å². The Labute approximate surface area is 185 Å². The highest BCUT2D eigenvalue weighted by molar-refractivity contribution is 7.13. The summed E-state index contributed by atoms with van der Waals surface area (Å²) in [5.74, 6) is 0.531. The molecule has 0 spiro atoms. The quantitative estimate of drug-likeness (QED) is 0.392. The Hall–Kier alpha value is -3.51. The molecule has 2 aromatic heterocycles. The number of nitrogens with zero attached hydrogens (tertiary/aromatic N) is 2. The molecule has 6 heteroatoms. The monoisotopic (exact) mass is 430 g/mol. The largest absolute Gasteiger partial charge is 0.487 e. The molecule has 0 bridgehead atoms. The fourth-order valence-electron chi connectivity index (χ4n) is 3.86. The van der Waals surface area contributed by atoms with Crippen LogP contribution in [-0.2, 0) is 4.74 Å². The van der Waals surface area contributed by atoms with Crippen LogP contribution in [0.2, 0.25) is 0 Å². The molecule has 0 aliphatic carbocycles. The second-order valence-corrected chi connectivity index (χ2v) is 8.35. The molecule has 0 amide bonds. The van der Waals surface area contributed by atoms with Crippen LogP contribution in [0.5, 0.6) is 5.75 Å². The smallest absolute Gasteiger partial charge is 0.340 e. The van der Waals surface area contributed by atoms with Crippen LogP contribution in [0.4, 0.5) is 5.69 Å². The number of benzene rings is 2. The fourth-order valence-corrected chi connectivity index (χ4v) is 4.59. The van der Waals surface area contributed by atoms with Crippen molar-refractivity contribution in [3.63, 3.8) is 0 Å². The number of carbonyl (C=O) groups excluding carboxylic acids is 1. The first-order valence-corrected chi connectivity index (χ1v) is 11.0. The molecule has 5 nitrogen and oxygen atoms in total. The van der Waals surface area contributed by atoms with Crippen LogP contribution in [0.3, 0.4) is 0 Å². The molecule has 0 unspecified atom stereocenters. The summed E-state index contributed by atoms with van der Waals surface area (Å²) in [6, 6.07) is 22.1. The molecule has 1 aliphatic rings. The molecular weight excluding hydrogens is 408 g/mol. The first-order chi connectivity index (χ1) is 15.2. The van der Waals surface area contributed by atoms with E-state index < -0.39 is 0 Å². The zero-order valence-corrected chi connectivity index (χ0v) is 17.9. The average molecular weight is 431 g/mol. The van der Waals surface area contributed by atoms with E-state index in [1.165, 1.54) is 17.6 Å². The topological polar surface area (TPSA) is 43.7 Å².